The van der Waals surface area contributed by atoms with Gasteiger partial charge in [0.05, 0.1) is 14.2 Å². The molecule has 1 amide bonds. The molecule has 1 aromatic carbocycles. The average Bonchev–Trinajstić information content (AvgIpc) is 3.25. The van der Waals surface area contributed by atoms with E-state index in [-0.39, 0.29) is 18.1 Å². The molecule has 0 radical (unpaired) electrons. The van der Waals surface area contributed by atoms with Crippen molar-refractivity contribution in [2.45, 2.75) is 67.2 Å². The molecular weight excluding hydrogens is 418 g/mol. The maximum absolute atomic E-state index is 13.2. The van der Waals surface area contributed by atoms with Crippen molar-refractivity contribution in [1.29, 1.82) is 0 Å². The van der Waals surface area contributed by atoms with E-state index in [1.165, 1.54) is 7.11 Å². The van der Waals surface area contributed by atoms with Crippen LogP contribution in [0.2, 0.25) is 0 Å². The first-order valence-electron chi connectivity index (χ1n) is 12.1. The van der Waals surface area contributed by atoms with Gasteiger partial charge in [0.2, 0.25) is 5.91 Å². The van der Waals surface area contributed by atoms with Crippen molar-refractivity contribution in [3.63, 3.8) is 0 Å². The number of imidazole rings is 1. The van der Waals surface area contributed by atoms with Gasteiger partial charge < -0.3 is 24.5 Å². The molecule has 186 valence electrons. The number of aromatic nitrogens is 2. The maximum Gasteiger partial charge on any atom is 0.223 e. The van der Waals surface area contributed by atoms with Gasteiger partial charge in [0.15, 0.2) is 0 Å². The van der Waals surface area contributed by atoms with Gasteiger partial charge in [-0.3, -0.25) is 4.79 Å². The van der Waals surface area contributed by atoms with E-state index in [0.29, 0.717) is 28.9 Å². The van der Waals surface area contributed by atoms with E-state index in [4.69, 9.17) is 9.47 Å². The topological polar surface area (TPSA) is 87.7 Å². The summed E-state index contributed by atoms with van der Waals surface area (Å²) in [5.41, 5.74) is 1.33. The maximum atomic E-state index is 13.2. The summed E-state index contributed by atoms with van der Waals surface area (Å²) in [6.45, 7) is 15.8. The molecule has 3 rings (SSSR count). The number of carbonyl (C=O) groups is 1. The molecule has 2 aromatic rings. The molecule has 1 saturated heterocycles. The Kier molecular flexibility index (Phi) is 11.8. The fraction of sp³-hybridized carbons (Fsp3) is 0.615. The first-order valence-corrected chi connectivity index (χ1v) is 12.1. The number of aromatic amines is 1. The van der Waals surface area contributed by atoms with Crippen LogP contribution in [0.4, 0.5) is 0 Å². The highest BCUT2D eigenvalue weighted by molar-refractivity contribution is 5.78. The van der Waals surface area contributed by atoms with Crippen molar-refractivity contribution in [3.8, 4) is 17.2 Å². The molecule has 1 aliphatic rings. The van der Waals surface area contributed by atoms with Crippen LogP contribution < -0.4 is 9.47 Å². The molecule has 0 bridgehead atoms. The van der Waals surface area contributed by atoms with E-state index in [2.05, 4.69) is 23.8 Å². The van der Waals surface area contributed by atoms with E-state index < -0.39 is 5.92 Å². The highest BCUT2D eigenvalue weighted by Gasteiger charge is 2.31. The minimum atomic E-state index is -0.405. The van der Waals surface area contributed by atoms with Crippen LogP contribution in [0.5, 0.6) is 17.2 Å². The van der Waals surface area contributed by atoms with Crippen LogP contribution >= 0.6 is 0 Å². The van der Waals surface area contributed by atoms with Gasteiger partial charge in [0.25, 0.3) is 0 Å². The highest BCUT2D eigenvalue weighted by atomic mass is 16.5. The lowest BCUT2D eigenvalue weighted by atomic mass is 9.88. The van der Waals surface area contributed by atoms with Gasteiger partial charge >= 0.3 is 0 Å². The molecule has 3 atom stereocenters. The number of piperidine rings is 1. The molecule has 0 saturated carbocycles. The van der Waals surface area contributed by atoms with Crippen molar-refractivity contribution in [3.05, 3.63) is 35.4 Å². The number of aromatic hydroxyl groups is 1. The quantitative estimate of drug-likeness (QED) is 0.591. The Labute approximate surface area is 199 Å². The number of phenols is 1. The van der Waals surface area contributed by atoms with E-state index in [0.717, 1.165) is 31.0 Å². The Morgan fingerprint density at radius 2 is 1.76 bits per heavy atom. The number of likely N-dealkylation sites (tertiary alicyclic amines) is 1. The van der Waals surface area contributed by atoms with Gasteiger partial charge in [-0.05, 0) is 25.2 Å². The second-order valence-corrected chi connectivity index (χ2v) is 8.19. The smallest absolute Gasteiger partial charge is 0.223 e. The molecule has 3 unspecified atom stereocenters. The number of carbonyl (C=O) groups excluding carboxylic acids is 1. The third-order valence-corrected chi connectivity index (χ3v) is 5.60. The Bertz CT molecular complexity index is 855. The Hall–Kier alpha value is -2.70. The van der Waals surface area contributed by atoms with E-state index in [1.54, 1.807) is 25.4 Å². The molecular formula is C26H43N3O4. The Balaban J connectivity index is 0.00000129. The second-order valence-electron chi connectivity index (χ2n) is 8.19. The number of hydrogen-bond acceptors (Lipinski definition) is 5. The molecule has 1 fully saturated rings. The molecule has 1 aromatic heterocycles. The summed E-state index contributed by atoms with van der Waals surface area (Å²) in [4.78, 5) is 22.7. The van der Waals surface area contributed by atoms with Crippen molar-refractivity contribution in [1.82, 2.24) is 14.9 Å². The minimum absolute atomic E-state index is 0.0339. The molecule has 0 aliphatic carbocycles. The zero-order chi connectivity index (χ0) is 25.1. The summed E-state index contributed by atoms with van der Waals surface area (Å²) in [6, 6.07) is 3.27. The number of aryl methyl sites for hydroxylation is 1. The molecule has 7 heteroatoms. The van der Waals surface area contributed by atoms with Crippen LogP contribution in [0.15, 0.2) is 18.3 Å². The van der Waals surface area contributed by atoms with Gasteiger partial charge in [0, 0.05) is 55.0 Å². The first-order chi connectivity index (χ1) is 15.8. The highest BCUT2D eigenvalue weighted by Crippen LogP contribution is 2.42. The van der Waals surface area contributed by atoms with Crippen LogP contribution in [-0.2, 0) is 4.79 Å². The lowest BCUT2D eigenvalue weighted by Gasteiger charge is -2.36. The monoisotopic (exact) mass is 461 g/mol. The fourth-order valence-corrected chi connectivity index (χ4v) is 4.38. The predicted molar refractivity (Wildman–Crippen MR) is 133 cm³/mol. The SMILES string of the molecule is CC.CC.COc1cc(O)c(C(CC(=O)N2CC(C)CC(C)C2)c2cnc(C)[nH]2)c(OC)c1. The predicted octanol–water partition coefficient (Wildman–Crippen LogP) is 5.52. The molecule has 1 aliphatic heterocycles. The van der Waals surface area contributed by atoms with Gasteiger partial charge in [-0.1, -0.05) is 41.5 Å². The minimum Gasteiger partial charge on any atom is -0.507 e. The number of phenolic OH excluding ortho intramolecular Hbond substituents is 1. The van der Waals surface area contributed by atoms with Gasteiger partial charge in [-0.25, -0.2) is 4.98 Å². The zero-order valence-corrected chi connectivity index (χ0v) is 21.9. The summed E-state index contributed by atoms with van der Waals surface area (Å²) < 4.78 is 10.8. The van der Waals surface area contributed by atoms with Crippen molar-refractivity contribution in [2.75, 3.05) is 27.3 Å². The average molecular weight is 462 g/mol. The number of nitrogens with one attached hydrogen (secondary N) is 1. The van der Waals surface area contributed by atoms with E-state index in [1.807, 2.05) is 39.5 Å². The number of H-pyrrole nitrogens is 1. The standard InChI is InChI=1S/C22H31N3O4.2C2H6/c1-13-6-14(2)12-25(11-13)21(27)9-17(18-10-23-15(3)24-18)22-19(26)7-16(28-4)8-20(22)29-5;2*1-2/h7-8,10,13-14,17,26H,6,9,11-12H2,1-5H3,(H,23,24);2*1-2H3. The van der Waals surface area contributed by atoms with Crippen LogP contribution in [0.25, 0.3) is 0 Å². The van der Waals surface area contributed by atoms with E-state index in [9.17, 15) is 9.90 Å². The molecule has 0 spiro atoms. The van der Waals surface area contributed by atoms with Crippen molar-refractivity contribution < 1.29 is 19.4 Å². The van der Waals surface area contributed by atoms with Crippen LogP contribution in [-0.4, -0.2) is 53.2 Å². The van der Waals surface area contributed by atoms with Gasteiger partial charge in [0.1, 0.15) is 23.1 Å². The third kappa shape index (κ3) is 7.41. The van der Waals surface area contributed by atoms with Gasteiger partial charge in [-0.15, -0.1) is 0 Å². The number of rotatable bonds is 6. The zero-order valence-electron chi connectivity index (χ0n) is 21.9. The van der Waals surface area contributed by atoms with Crippen LogP contribution in [0.1, 0.15) is 77.4 Å². The number of methoxy groups -OCH3 is 2. The normalized spacial score (nSPS) is 18.3. The summed E-state index contributed by atoms with van der Waals surface area (Å²) in [5.74, 6) is 2.39. The van der Waals surface area contributed by atoms with Crippen LogP contribution in [0.3, 0.4) is 0 Å². The van der Waals surface area contributed by atoms with Gasteiger partial charge in [-0.2, -0.15) is 0 Å². The van der Waals surface area contributed by atoms with Crippen molar-refractivity contribution >= 4 is 5.91 Å². The lowest BCUT2D eigenvalue weighted by molar-refractivity contribution is -0.134. The van der Waals surface area contributed by atoms with Crippen LogP contribution in [0, 0.1) is 18.8 Å². The molecule has 2 heterocycles. The summed E-state index contributed by atoms with van der Waals surface area (Å²) in [5, 5.41) is 10.8. The van der Waals surface area contributed by atoms with Crippen molar-refractivity contribution in [2.24, 2.45) is 11.8 Å². The Morgan fingerprint density at radius 1 is 1.15 bits per heavy atom. The number of amides is 1. The number of nitrogens with zero attached hydrogens (tertiary/aromatic N) is 2. The first kappa shape index (κ1) is 28.3. The number of benzene rings is 1. The lowest BCUT2D eigenvalue weighted by Crippen LogP contribution is -2.43. The second kappa shape index (κ2) is 13.8. The molecule has 33 heavy (non-hydrogen) atoms. The van der Waals surface area contributed by atoms with E-state index >= 15 is 0 Å². The summed E-state index contributed by atoms with van der Waals surface area (Å²) >= 11 is 0. The third-order valence-electron chi connectivity index (χ3n) is 5.60. The summed E-state index contributed by atoms with van der Waals surface area (Å²) in [6.07, 6.45) is 3.08. The fourth-order valence-electron chi connectivity index (χ4n) is 4.38. The largest absolute Gasteiger partial charge is 0.507 e. The number of ether oxygens (including phenoxy) is 2. The molecule has 7 nitrogen and oxygen atoms in total. The molecule has 2 N–H and O–H groups in total. The Morgan fingerprint density at radius 3 is 2.24 bits per heavy atom. The number of hydrogen-bond donors (Lipinski definition) is 2. The summed E-state index contributed by atoms with van der Waals surface area (Å²) in [7, 11) is 3.08.